The summed E-state index contributed by atoms with van der Waals surface area (Å²) >= 11 is 5.84. The molecule has 0 amide bonds. The summed E-state index contributed by atoms with van der Waals surface area (Å²) in [4.78, 5) is 0.205. The molecule has 1 fully saturated rings. The van der Waals surface area contributed by atoms with Gasteiger partial charge in [0.25, 0.3) is 0 Å². The van der Waals surface area contributed by atoms with Crippen molar-refractivity contribution in [1.29, 1.82) is 0 Å². The molecule has 0 bridgehead atoms. The molecular formula is C17H18ClNO3S. The maximum atomic E-state index is 13.0. The smallest absolute Gasteiger partial charge is 0.182 e. The summed E-state index contributed by atoms with van der Waals surface area (Å²) in [5.41, 5.74) is 5.90. The molecule has 3 N–H and O–H groups in total. The number of benzene rings is 2. The molecule has 1 saturated carbocycles. The molecule has 3 atom stereocenters. The first kappa shape index (κ1) is 16.5. The largest absolute Gasteiger partial charge is 0.396 e. The van der Waals surface area contributed by atoms with Gasteiger partial charge in [-0.1, -0.05) is 41.9 Å². The van der Waals surface area contributed by atoms with Crippen LogP contribution in [-0.4, -0.2) is 31.9 Å². The Hall–Kier alpha value is -1.40. The number of aliphatic hydroxyl groups excluding tert-OH is 1. The molecule has 1 aliphatic rings. The second-order valence-electron chi connectivity index (χ2n) is 5.90. The molecule has 0 aromatic heterocycles. The van der Waals surface area contributed by atoms with Crippen LogP contribution >= 0.6 is 11.6 Å². The third-order valence-corrected chi connectivity index (χ3v) is 7.28. The Bertz CT molecular complexity index is 786. The topological polar surface area (TPSA) is 80.4 Å². The van der Waals surface area contributed by atoms with Crippen LogP contribution in [0.25, 0.3) is 0 Å². The Morgan fingerprint density at radius 1 is 1.09 bits per heavy atom. The van der Waals surface area contributed by atoms with E-state index in [-0.39, 0.29) is 24.0 Å². The number of hydrogen-bond donors (Lipinski definition) is 2. The van der Waals surface area contributed by atoms with Gasteiger partial charge in [-0.2, -0.15) is 0 Å². The normalized spacial score (nSPS) is 26.9. The van der Waals surface area contributed by atoms with Crippen molar-refractivity contribution >= 4 is 21.4 Å². The Morgan fingerprint density at radius 3 is 2.22 bits per heavy atom. The molecule has 2 aromatic carbocycles. The van der Waals surface area contributed by atoms with E-state index in [0.717, 1.165) is 5.56 Å². The molecule has 2 aromatic rings. The highest BCUT2D eigenvalue weighted by atomic mass is 35.5. The van der Waals surface area contributed by atoms with E-state index in [9.17, 15) is 13.5 Å². The Labute approximate surface area is 140 Å². The first-order valence-corrected chi connectivity index (χ1v) is 9.25. The van der Waals surface area contributed by atoms with E-state index in [2.05, 4.69) is 0 Å². The van der Waals surface area contributed by atoms with Crippen molar-refractivity contribution in [3.05, 3.63) is 65.2 Å². The van der Waals surface area contributed by atoms with Crippen LogP contribution in [0.4, 0.5) is 0 Å². The summed E-state index contributed by atoms with van der Waals surface area (Å²) in [6, 6.07) is 15.4. The van der Waals surface area contributed by atoms with Crippen molar-refractivity contribution in [1.82, 2.24) is 0 Å². The third-order valence-electron chi connectivity index (χ3n) is 4.69. The van der Waals surface area contributed by atoms with Crippen molar-refractivity contribution in [3.8, 4) is 0 Å². The van der Waals surface area contributed by atoms with E-state index in [4.69, 9.17) is 17.3 Å². The van der Waals surface area contributed by atoms with Crippen molar-refractivity contribution < 1.29 is 13.5 Å². The lowest BCUT2D eigenvalue weighted by molar-refractivity contribution is 0.212. The number of halogens is 1. The summed E-state index contributed by atoms with van der Waals surface area (Å²) in [5, 5.41) is 9.60. The number of hydrogen-bond acceptors (Lipinski definition) is 4. The van der Waals surface area contributed by atoms with Crippen molar-refractivity contribution in [2.75, 3.05) is 13.2 Å². The Morgan fingerprint density at radius 2 is 1.70 bits per heavy atom. The average molecular weight is 352 g/mol. The van der Waals surface area contributed by atoms with Gasteiger partial charge in [-0.05, 0) is 29.8 Å². The molecule has 3 rings (SSSR count). The second-order valence-corrected chi connectivity index (χ2v) is 8.41. The molecule has 6 heteroatoms. The van der Waals surface area contributed by atoms with E-state index >= 15 is 0 Å². The summed E-state index contributed by atoms with van der Waals surface area (Å²) < 4.78 is 26.0. The van der Waals surface area contributed by atoms with Gasteiger partial charge in [0, 0.05) is 22.9 Å². The van der Waals surface area contributed by atoms with Crippen LogP contribution in [0, 0.1) is 5.41 Å². The molecule has 0 unspecified atom stereocenters. The monoisotopic (exact) mass is 351 g/mol. The predicted molar refractivity (Wildman–Crippen MR) is 90.2 cm³/mol. The minimum atomic E-state index is -3.61. The molecule has 0 radical (unpaired) electrons. The standard InChI is InChI=1S/C17H18ClNO3S/c18-13-6-8-14(9-7-13)23(21,22)16-15(17(16,10-19)11-20)12-4-2-1-3-5-12/h1-9,15-16,20H,10-11,19H2/t15-,16+,17-/m0/s1. The van der Waals surface area contributed by atoms with Crippen LogP contribution in [0.15, 0.2) is 59.5 Å². The van der Waals surface area contributed by atoms with Gasteiger partial charge in [0.05, 0.1) is 16.8 Å². The molecule has 0 spiro atoms. The van der Waals surface area contributed by atoms with Crippen LogP contribution in [0.5, 0.6) is 0 Å². The average Bonchev–Trinajstić information content (AvgIpc) is 3.27. The lowest BCUT2D eigenvalue weighted by atomic mass is 10.0. The fourth-order valence-corrected chi connectivity index (χ4v) is 5.95. The lowest BCUT2D eigenvalue weighted by Gasteiger charge is -2.12. The first-order chi connectivity index (χ1) is 11.0. The van der Waals surface area contributed by atoms with Crippen LogP contribution in [0.3, 0.4) is 0 Å². The Balaban J connectivity index is 2.05. The van der Waals surface area contributed by atoms with Gasteiger partial charge in [0.1, 0.15) is 0 Å². The van der Waals surface area contributed by atoms with E-state index in [0.29, 0.717) is 5.02 Å². The van der Waals surface area contributed by atoms with Gasteiger partial charge in [-0.3, -0.25) is 0 Å². The van der Waals surface area contributed by atoms with Crippen LogP contribution in [-0.2, 0) is 9.84 Å². The molecule has 0 saturated heterocycles. The van der Waals surface area contributed by atoms with E-state index in [1.54, 1.807) is 12.1 Å². The minimum Gasteiger partial charge on any atom is -0.396 e. The quantitative estimate of drug-likeness (QED) is 0.865. The highest BCUT2D eigenvalue weighted by molar-refractivity contribution is 7.92. The molecule has 0 aliphatic heterocycles. The van der Waals surface area contributed by atoms with Gasteiger partial charge in [-0.15, -0.1) is 0 Å². The summed E-state index contributed by atoms with van der Waals surface area (Å²) in [6.45, 7) is -0.152. The maximum Gasteiger partial charge on any atom is 0.182 e. The van der Waals surface area contributed by atoms with Crippen molar-refractivity contribution in [2.45, 2.75) is 16.1 Å². The fraction of sp³-hybridized carbons (Fsp3) is 0.294. The van der Waals surface area contributed by atoms with E-state index in [1.165, 1.54) is 12.1 Å². The van der Waals surface area contributed by atoms with E-state index < -0.39 is 20.5 Å². The molecule has 0 heterocycles. The van der Waals surface area contributed by atoms with Gasteiger partial charge in [-0.25, -0.2) is 8.42 Å². The van der Waals surface area contributed by atoms with Gasteiger partial charge >= 0.3 is 0 Å². The molecular weight excluding hydrogens is 334 g/mol. The minimum absolute atomic E-state index is 0.112. The first-order valence-electron chi connectivity index (χ1n) is 7.33. The maximum absolute atomic E-state index is 13.0. The highest BCUT2D eigenvalue weighted by Crippen LogP contribution is 2.63. The molecule has 1 aliphatic carbocycles. The fourth-order valence-electron chi connectivity index (χ4n) is 3.38. The number of aliphatic hydroxyl groups is 1. The lowest BCUT2D eigenvalue weighted by Crippen LogP contribution is -2.27. The molecule has 23 heavy (non-hydrogen) atoms. The Kier molecular flexibility index (Phi) is 4.23. The van der Waals surface area contributed by atoms with Gasteiger partial charge in [0.2, 0.25) is 0 Å². The predicted octanol–water partition coefficient (Wildman–Crippen LogP) is 2.22. The number of sulfone groups is 1. The SMILES string of the molecule is NC[C@@]1(CO)[C@H](S(=O)(=O)c2ccc(Cl)cc2)[C@@H]1c1ccccc1. The van der Waals surface area contributed by atoms with Crippen LogP contribution < -0.4 is 5.73 Å². The molecule has 4 nitrogen and oxygen atoms in total. The van der Waals surface area contributed by atoms with Crippen molar-refractivity contribution in [2.24, 2.45) is 11.1 Å². The zero-order valence-corrected chi connectivity index (χ0v) is 14.0. The van der Waals surface area contributed by atoms with Crippen LogP contribution in [0.2, 0.25) is 5.02 Å². The number of rotatable bonds is 5. The summed E-state index contributed by atoms with van der Waals surface area (Å²) in [6.07, 6.45) is 0. The summed E-state index contributed by atoms with van der Waals surface area (Å²) in [7, 11) is -3.61. The van der Waals surface area contributed by atoms with Gasteiger partial charge in [0.15, 0.2) is 9.84 Å². The van der Waals surface area contributed by atoms with E-state index in [1.807, 2.05) is 30.3 Å². The second kappa shape index (κ2) is 5.91. The molecule has 122 valence electrons. The van der Waals surface area contributed by atoms with Crippen molar-refractivity contribution in [3.63, 3.8) is 0 Å². The van der Waals surface area contributed by atoms with Crippen LogP contribution in [0.1, 0.15) is 11.5 Å². The highest BCUT2D eigenvalue weighted by Gasteiger charge is 2.70. The summed E-state index contributed by atoms with van der Waals surface area (Å²) in [5.74, 6) is -0.306. The number of nitrogens with two attached hydrogens (primary N) is 1. The third kappa shape index (κ3) is 2.58. The zero-order valence-electron chi connectivity index (χ0n) is 12.4. The zero-order chi connectivity index (χ0) is 16.7. The van der Waals surface area contributed by atoms with Gasteiger partial charge < -0.3 is 10.8 Å².